The van der Waals surface area contributed by atoms with E-state index >= 15 is 0 Å². The quantitative estimate of drug-likeness (QED) is 0.471. The van der Waals surface area contributed by atoms with Crippen LogP contribution in [0.3, 0.4) is 0 Å². The largest absolute Gasteiger partial charge is 0.375 e. The van der Waals surface area contributed by atoms with Gasteiger partial charge in [0.05, 0.1) is 0 Å². The molecule has 0 aliphatic heterocycles. The number of nitrogens with zero attached hydrogens (tertiary/aromatic N) is 2. The van der Waals surface area contributed by atoms with Gasteiger partial charge in [0.15, 0.2) is 0 Å². The van der Waals surface area contributed by atoms with Crippen LogP contribution in [0.1, 0.15) is 25.3 Å². The van der Waals surface area contributed by atoms with Crippen LogP contribution in [0.2, 0.25) is 0 Å². The SMILES string of the molecule is CCCCNC(=O)/C(C#N)=C\N(C)Cc1ccccc1. The predicted molar refractivity (Wildman–Crippen MR) is 79.5 cm³/mol. The molecule has 0 heterocycles. The Morgan fingerprint density at radius 1 is 1.40 bits per heavy atom. The molecule has 1 aromatic carbocycles. The summed E-state index contributed by atoms with van der Waals surface area (Å²) in [7, 11) is 1.85. The van der Waals surface area contributed by atoms with Crippen molar-refractivity contribution >= 4 is 5.91 Å². The van der Waals surface area contributed by atoms with Crippen LogP contribution in [0.25, 0.3) is 0 Å². The average Bonchev–Trinajstić information content (AvgIpc) is 2.46. The van der Waals surface area contributed by atoms with Gasteiger partial charge in [0.2, 0.25) is 0 Å². The van der Waals surface area contributed by atoms with Crippen molar-refractivity contribution in [2.24, 2.45) is 0 Å². The first-order valence-electron chi connectivity index (χ1n) is 6.81. The minimum absolute atomic E-state index is 0.138. The summed E-state index contributed by atoms with van der Waals surface area (Å²) >= 11 is 0. The van der Waals surface area contributed by atoms with Gasteiger partial charge in [0, 0.05) is 26.3 Å². The minimum atomic E-state index is -0.305. The Bertz CT molecular complexity index is 488. The smallest absolute Gasteiger partial charge is 0.263 e. The first-order chi connectivity index (χ1) is 9.67. The number of carbonyl (C=O) groups excluding carboxylic acids is 1. The number of hydrogen-bond acceptors (Lipinski definition) is 3. The molecule has 1 rings (SSSR count). The molecular formula is C16H21N3O. The number of unbranched alkanes of at least 4 members (excludes halogenated alkanes) is 1. The standard InChI is InChI=1S/C16H21N3O/c1-3-4-10-18-16(20)15(11-17)13-19(2)12-14-8-6-5-7-9-14/h5-9,13H,3-4,10,12H2,1-2H3,(H,18,20)/b15-13-. The molecule has 106 valence electrons. The lowest BCUT2D eigenvalue weighted by Gasteiger charge is -2.14. The summed E-state index contributed by atoms with van der Waals surface area (Å²) in [5, 5.41) is 11.8. The molecule has 0 aliphatic carbocycles. The van der Waals surface area contributed by atoms with Gasteiger partial charge in [-0.05, 0) is 12.0 Å². The van der Waals surface area contributed by atoms with Gasteiger partial charge in [-0.3, -0.25) is 4.79 Å². The summed E-state index contributed by atoms with van der Waals surface area (Å²) in [5.74, 6) is -0.305. The van der Waals surface area contributed by atoms with E-state index in [0.717, 1.165) is 18.4 Å². The van der Waals surface area contributed by atoms with E-state index in [1.807, 2.05) is 48.3 Å². The second kappa shape index (κ2) is 8.76. The lowest BCUT2D eigenvalue weighted by Crippen LogP contribution is -2.26. The molecule has 20 heavy (non-hydrogen) atoms. The van der Waals surface area contributed by atoms with Crippen molar-refractivity contribution in [2.45, 2.75) is 26.3 Å². The van der Waals surface area contributed by atoms with E-state index in [-0.39, 0.29) is 11.5 Å². The summed E-state index contributed by atoms with van der Waals surface area (Å²) < 4.78 is 0. The first-order valence-corrected chi connectivity index (χ1v) is 6.81. The third-order valence-corrected chi connectivity index (χ3v) is 2.81. The number of hydrogen-bond donors (Lipinski definition) is 1. The zero-order valence-electron chi connectivity index (χ0n) is 12.1. The van der Waals surface area contributed by atoms with Crippen LogP contribution < -0.4 is 5.32 Å². The Kier molecular flexibility index (Phi) is 6.91. The minimum Gasteiger partial charge on any atom is -0.375 e. The van der Waals surface area contributed by atoms with Crippen LogP contribution in [0.15, 0.2) is 42.1 Å². The normalized spacial score (nSPS) is 10.8. The van der Waals surface area contributed by atoms with Gasteiger partial charge in [-0.25, -0.2) is 0 Å². The van der Waals surface area contributed by atoms with Gasteiger partial charge in [-0.2, -0.15) is 5.26 Å². The molecule has 0 fully saturated rings. The zero-order valence-corrected chi connectivity index (χ0v) is 12.1. The number of carbonyl (C=O) groups is 1. The van der Waals surface area contributed by atoms with Crippen LogP contribution in [0.4, 0.5) is 0 Å². The highest BCUT2D eigenvalue weighted by Crippen LogP contribution is 2.05. The highest BCUT2D eigenvalue weighted by Gasteiger charge is 2.09. The van der Waals surface area contributed by atoms with Gasteiger partial charge in [-0.1, -0.05) is 43.7 Å². The summed E-state index contributed by atoms with van der Waals surface area (Å²) in [5.41, 5.74) is 1.27. The molecule has 4 heteroatoms. The topological polar surface area (TPSA) is 56.1 Å². The van der Waals surface area contributed by atoms with Gasteiger partial charge >= 0.3 is 0 Å². The van der Waals surface area contributed by atoms with E-state index < -0.39 is 0 Å². The third-order valence-electron chi connectivity index (χ3n) is 2.81. The molecule has 1 aromatic rings. The molecule has 1 amide bonds. The number of nitriles is 1. The second-order valence-corrected chi connectivity index (χ2v) is 4.66. The summed E-state index contributed by atoms with van der Waals surface area (Å²) in [4.78, 5) is 13.6. The fourth-order valence-corrected chi connectivity index (χ4v) is 1.75. The average molecular weight is 271 g/mol. The molecule has 1 N–H and O–H groups in total. The van der Waals surface area contributed by atoms with Gasteiger partial charge in [0.25, 0.3) is 5.91 Å². The Labute approximate surface area is 120 Å². The third kappa shape index (κ3) is 5.57. The molecule has 0 bridgehead atoms. The Morgan fingerprint density at radius 2 is 2.10 bits per heavy atom. The van der Waals surface area contributed by atoms with Crippen LogP contribution in [-0.2, 0) is 11.3 Å². The van der Waals surface area contributed by atoms with E-state index in [9.17, 15) is 4.79 Å². The highest BCUT2D eigenvalue weighted by molar-refractivity contribution is 5.97. The zero-order chi connectivity index (χ0) is 14.8. The van der Waals surface area contributed by atoms with Gasteiger partial charge < -0.3 is 10.2 Å². The van der Waals surface area contributed by atoms with Gasteiger partial charge in [0.1, 0.15) is 11.6 Å². The van der Waals surface area contributed by atoms with E-state index in [4.69, 9.17) is 5.26 Å². The fourth-order valence-electron chi connectivity index (χ4n) is 1.75. The molecule has 4 nitrogen and oxygen atoms in total. The molecule has 0 atom stereocenters. The van der Waals surface area contributed by atoms with Crippen molar-refractivity contribution in [1.29, 1.82) is 5.26 Å². The van der Waals surface area contributed by atoms with Crippen molar-refractivity contribution in [2.75, 3.05) is 13.6 Å². The van der Waals surface area contributed by atoms with Crippen molar-refractivity contribution in [3.63, 3.8) is 0 Å². The monoisotopic (exact) mass is 271 g/mol. The Hall–Kier alpha value is -2.28. The molecule has 0 radical (unpaired) electrons. The molecule has 0 saturated carbocycles. The van der Waals surface area contributed by atoms with E-state index in [1.165, 1.54) is 0 Å². The molecule has 0 saturated heterocycles. The molecule has 0 unspecified atom stereocenters. The van der Waals surface area contributed by atoms with Crippen LogP contribution in [0.5, 0.6) is 0 Å². The lowest BCUT2D eigenvalue weighted by atomic mass is 10.2. The molecule has 0 aromatic heterocycles. The molecule has 0 aliphatic rings. The fraction of sp³-hybridized carbons (Fsp3) is 0.375. The van der Waals surface area contributed by atoms with Crippen LogP contribution in [0, 0.1) is 11.3 Å². The maximum Gasteiger partial charge on any atom is 0.263 e. The van der Waals surface area contributed by atoms with Crippen LogP contribution >= 0.6 is 0 Å². The summed E-state index contributed by atoms with van der Waals surface area (Å²) in [6.45, 7) is 3.33. The molecule has 0 spiro atoms. The van der Waals surface area contributed by atoms with Gasteiger partial charge in [-0.15, -0.1) is 0 Å². The summed E-state index contributed by atoms with van der Waals surface area (Å²) in [6.07, 6.45) is 3.53. The van der Waals surface area contributed by atoms with Crippen molar-refractivity contribution in [1.82, 2.24) is 10.2 Å². The van der Waals surface area contributed by atoms with E-state index in [2.05, 4.69) is 12.2 Å². The Morgan fingerprint density at radius 3 is 2.70 bits per heavy atom. The van der Waals surface area contributed by atoms with Crippen molar-refractivity contribution in [3.8, 4) is 6.07 Å². The predicted octanol–water partition coefficient (Wildman–Crippen LogP) is 2.44. The summed E-state index contributed by atoms with van der Waals surface area (Å²) in [6, 6.07) is 11.9. The number of benzene rings is 1. The van der Waals surface area contributed by atoms with Crippen LogP contribution in [-0.4, -0.2) is 24.4 Å². The maximum atomic E-state index is 11.8. The molecular weight excluding hydrogens is 250 g/mol. The van der Waals surface area contributed by atoms with E-state index in [1.54, 1.807) is 6.20 Å². The second-order valence-electron chi connectivity index (χ2n) is 4.66. The highest BCUT2D eigenvalue weighted by atomic mass is 16.1. The first kappa shape index (κ1) is 15.8. The maximum absolute atomic E-state index is 11.8. The number of rotatable bonds is 7. The van der Waals surface area contributed by atoms with Crippen molar-refractivity contribution in [3.05, 3.63) is 47.7 Å². The Balaban J connectivity index is 2.59. The van der Waals surface area contributed by atoms with E-state index in [0.29, 0.717) is 13.1 Å². The van der Waals surface area contributed by atoms with Crippen molar-refractivity contribution < 1.29 is 4.79 Å². The lowest BCUT2D eigenvalue weighted by molar-refractivity contribution is -0.117. The number of amides is 1. The number of nitrogens with one attached hydrogen (secondary N) is 1.